The average Bonchev–Trinajstić information content (AvgIpc) is 3.00. The standard InChI is InChI=1S/C18H17BrN2O5S/c1-2-26-18(23)15-12-5-3-4-6-14(12)27-17(15)20-9-10-7-11(19)8-13(16(10)22)21(24)25/h7-9,22H,2-6H2,1H3/b20-9+. The van der Waals surface area contributed by atoms with Crippen molar-refractivity contribution in [2.75, 3.05) is 6.61 Å². The lowest BCUT2D eigenvalue weighted by atomic mass is 9.95. The number of aliphatic imine (C=N–C) groups is 1. The van der Waals surface area contributed by atoms with Gasteiger partial charge in [-0.2, -0.15) is 0 Å². The topological polar surface area (TPSA) is 102 Å². The quantitative estimate of drug-likeness (QED) is 0.299. The van der Waals surface area contributed by atoms with Crippen LogP contribution in [0.5, 0.6) is 5.75 Å². The van der Waals surface area contributed by atoms with Crippen LogP contribution < -0.4 is 0 Å². The van der Waals surface area contributed by atoms with E-state index in [9.17, 15) is 20.0 Å². The molecule has 1 aliphatic rings. The minimum absolute atomic E-state index is 0.192. The summed E-state index contributed by atoms with van der Waals surface area (Å²) < 4.78 is 5.63. The SMILES string of the molecule is CCOC(=O)c1c(/N=C/c2cc(Br)cc([N+](=O)[O-])c2O)sc2c1CCCC2. The molecule has 1 aliphatic carbocycles. The van der Waals surface area contributed by atoms with Crippen LogP contribution in [0.25, 0.3) is 0 Å². The van der Waals surface area contributed by atoms with Crippen molar-refractivity contribution in [3.63, 3.8) is 0 Å². The number of rotatable bonds is 5. The summed E-state index contributed by atoms with van der Waals surface area (Å²) in [4.78, 5) is 28.3. The largest absolute Gasteiger partial charge is 0.502 e. The number of nitrogens with zero attached hydrogens (tertiary/aromatic N) is 2. The molecule has 0 radical (unpaired) electrons. The van der Waals surface area contributed by atoms with Crippen molar-refractivity contribution in [1.29, 1.82) is 0 Å². The first-order valence-corrected chi connectivity index (χ1v) is 10.1. The normalized spacial score (nSPS) is 13.6. The molecule has 7 nitrogen and oxygen atoms in total. The van der Waals surface area contributed by atoms with Gasteiger partial charge in [0.05, 0.1) is 17.1 Å². The van der Waals surface area contributed by atoms with Crippen molar-refractivity contribution in [3.8, 4) is 5.75 Å². The van der Waals surface area contributed by atoms with E-state index in [1.807, 2.05) is 0 Å². The van der Waals surface area contributed by atoms with E-state index in [4.69, 9.17) is 4.74 Å². The molecular formula is C18H17BrN2O5S. The van der Waals surface area contributed by atoms with Crippen LogP contribution in [-0.2, 0) is 17.6 Å². The van der Waals surface area contributed by atoms with Gasteiger partial charge >= 0.3 is 11.7 Å². The fourth-order valence-electron chi connectivity index (χ4n) is 3.03. The van der Waals surface area contributed by atoms with E-state index in [1.54, 1.807) is 6.92 Å². The third kappa shape index (κ3) is 4.03. The fraction of sp³-hybridized carbons (Fsp3) is 0.333. The molecule has 0 aliphatic heterocycles. The smallest absolute Gasteiger partial charge is 0.341 e. The highest BCUT2D eigenvalue weighted by atomic mass is 79.9. The van der Waals surface area contributed by atoms with Gasteiger partial charge in [0.2, 0.25) is 5.75 Å². The molecule has 0 amide bonds. The molecule has 2 aromatic rings. The average molecular weight is 453 g/mol. The van der Waals surface area contributed by atoms with Gasteiger partial charge in [0.1, 0.15) is 5.00 Å². The molecule has 1 aromatic heterocycles. The maximum Gasteiger partial charge on any atom is 0.341 e. The summed E-state index contributed by atoms with van der Waals surface area (Å²) in [7, 11) is 0. The molecule has 27 heavy (non-hydrogen) atoms. The summed E-state index contributed by atoms with van der Waals surface area (Å²) in [5.74, 6) is -0.876. The van der Waals surface area contributed by atoms with Crippen molar-refractivity contribution in [1.82, 2.24) is 0 Å². The lowest BCUT2D eigenvalue weighted by molar-refractivity contribution is -0.385. The minimum Gasteiger partial charge on any atom is -0.502 e. The van der Waals surface area contributed by atoms with Gasteiger partial charge in [0.25, 0.3) is 0 Å². The van der Waals surface area contributed by atoms with Gasteiger partial charge in [-0.1, -0.05) is 15.9 Å². The molecule has 142 valence electrons. The Balaban J connectivity index is 2.04. The number of halogens is 1. The van der Waals surface area contributed by atoms with E-state index in [-0.39, 0.29) is 12.2 Å². The van der Waals surface area contributed by atoms with Gasteiger partial charge < -0.3 is 9.84 Å². The van der Waals surface area contributed by atoms with Crippen LogP contribution in [0, 0.1) is 10.1 Å². The summed E-state index contributed by atoms with van der Waals surface area (Å²) in [6.45, 7) is 2.02. The molecule has 1 heterocycles. The Morgan fingerprint density at radius 3 is 2.89 bits per heavy atom. The number of hydrogen-bond donors (Lipinski definition) is 1. The van der Waals surface area contributed by atoms with Crippen molar-refractivity contribution in [3.05, 3.63) is 48.3 Å². The number of ether oxygens (including phenoxy) is 1. The Morgan fingerprint density at radius 2 is 2.19 bits per heavy atom. The molecule has 0 saturated heterocycles. The zero-order valence-corrected chi connectivity index (χ0v) is 16.9. The number of aryl methyl sites for hydroxylation is 1. The Kier molecular flexibility index (Phi) is 5.91. The first kappa shape index (κ1) is 19.5. The number of fused-ring (bicyclic) bond motifs is 1. The number of phenols is 1. The van der Waals surface area contributed by atoms with E-state index >= 15 is 0 Å². The number of benzene rings is 1. The number of nitro benzene ring substituents is 1. The molecule has 1 aromatic carbocycles. The number of carbonyl (C=O) groups is 1. The Labute approximate surface area is 168 Å². The lowest BCUT2D eigenvalue weighted by Crippen LogP contribution is -2.09. The molecule has 0 atom stereocenters. The molecule has 1 N–H and O–H groups in total. The monoisotopic (exact) mass is 452 g/mol. The van der Waals surface area contributed by atoms with Crippen LogP contribution in [0.15, 0.2) is 21.6 Å². The molecule has 0 unspecified atom stereocenters. The second-order valence-corrected chi connectivity index (χ2v) is 7.99. The molecule has 0 fully saturated rings. The number of nitro groups is 1. The van der Waals surface area contributed by atoms with Gasteiger partial charge in [-0.15, -0.1) is 11.3 Å². The maximum absolute atomic E-state index is 12.4. The Hall–Kier alpha value is -2.26. The number of thiophene rings is 1. The summed E-state index contributed by atoms with van der Waals surface area (Å²) in [5.41, 5.74) is 1.23. The van der Waals surface area contributed by atoms with Crippen LogP contribution in [0.4, 0.5) is 10.7 Å². The number of hydrogen-bond acceptors (Lipinski definition) is 7. The third-order valence-electron chi connectivity index (χ3n) is 4.23. The molecule has 9 heteroatoms. The summed E-state index contributed by atoms with van der Waals surface area (Å²) >= 11 is 4.63. The number of aromatic hydroxyl groups is 1. The van der Waals surface area contributed by atoms with Crippen molar-refractivity contribution >= 4 is 50.1 Å². The van der Waals surface area contributed by atoms with Crippen molar-refractivity contribution in [2.24, 2.45) is 4.99 Å². The van der Waals surface area contributed by atoms with E-state index in [2.05, 4.69) is 20.9 Å². The first-order chi connectivity index (χ1) is 12.9. The number of phenolic OH excluding ortho intramolecular Hbond substituents is 1. The maximum atomic E-state index is 12.4. The highest BCUT2D eigenvalue weighted by Crippen LogP contribution is 2.41. The molecule has 3 rings (SSSR count). The van der Waals surface area contributed by atoms with Gasteiger partial charge in [-0.25, -0.2) is 9.79 Å². The second-order valence-electron chi connectivity index (χ2n) is 5.99. The summed E-state index contributed by atoms with van der Waals surface area (Å²) in [6, 6.07) is 2.75. The van der Waals surface area contributed by atoms with Gasteiger partial charge in [0, 0.05) is 27.2 Å². The minimum atomic E-state index is -0.661. The van der Waals surface area contributed by atoms with Crippen LogP contribution in [0.1, 0.15) is 46.1 Å². The summed E-state index contributed by atoms with van der Waals surface area (Å²) in [5, 5.41) is 21.7. The molecule has 0 saturated carbocycles. The van der Waals surface area contributed by atoms with Crippen LogP contribution in [0.2, 0.25) is 0 Å². The van der Waals surface area contributed by atoms with Crippen molar-refractivity contribution in [2.45, 2.75) is 32.6 Å². The first-order valence-electron chi connectivity index (χ1n) is 8.45. The van der Waals surface area contributed by atoms with E-state index in [0.29, 0.717) is 15.0 Å². The second kappa shape index (κ2) is 8.18. The highest BCUT2D eigenvalue weighted by Gasteiger charge is 2.26. The fourth-order valence-corrected chi connectivity index (χ4v) is 4.71. The van der Waals surface area contributed by atoms with E-state index < -0.39 is 22.3 Å². The zero-order chi connectivity index (χ0) is 19.6. The Morgan fingerprint density at radius 1 is 1.44 bits per heavy atom. The lowest BCUT2D eigenvalue weighted by Gasteiger charge is -2.11. The predicted molar refractivity (Wildman–Crippen MR) is 107 cm³/mol. The molecular weight excluding hydrogens is 436 g/mol. The van der Waals surface area contributed by atoms with Crippen LogP contribution >= 0.6 is 27.3 Å². The third-order valence-corrected chi connectivity index (χ3v) is 5.89. The highest BCUT2D eigenvalue weighted by molar-refractivity contribution is 9.10. The number of esters is 1. The molecule has 0 spiro atoms. The Bertz CT molecular complexity index is 938. The zero-order valence-electron chi connectivity index (χ0n) is 14.5. The van der Waals surface area contributed by atoms with E-state index in [1.165, 1.54) is 29.7 Å². The van der Waals surface area contributed by atoms with Gasteiger partial charge in [-0.05, 0) is 44.2 Å². The molecule has 0 bridgehead atoms. The van der Waals surface area contributed by atoms with Gasteiger partial charge in [0.15, 0.2) is 0 Å². The predicted octanol–water partition coefficient (Wildman–Crippen LogP) is 4.93. The van der Waals surface area contributed by atoms with E-state index in [0.717, 1.165) is 36.1 Å². The van der Waals surface area contributed by atoms with Crippen LogP contribution in [-0.4, -0.2) is 28.8 Å². The van der Waals surface area contributed by atoms with Gasteiger partial charge in [-0.3, -0.25) is 10.1 Å². The summed E-state index contributed by atoms with van der Waals surface area (Å²) in [6.07, 6.45) is 5.13. The van der Waals surface area contributed by atoms with Crippen LogP contribution in [0.3, 0.4) is 0 Å². The number of carbonyl (C=O) groups excluding carboxylic acids is 1. The van der Waals surface area contributed by atoms with Crippen molar-refractivity contribution < 1.29 is 19.6 Å².